The Bertz CT molecular complexity index is 683. The normalized spacial score (nSPS) is 18.1. The van der Waals surface area contributed by atoms with Crippen LogP contribution in [0.15, 0.2) is 23.2 Å². The van der Waals surface area contributed by atoms with Crippen molar-refractivity contribution in [2.45, 2.75) is 52.1 Å². The fourth-order valence-corrected chi connectivity index (χ4v) is 3.07. The number of halogens is 2. The van der Waals surface area contributed by atoms with E-state index >= 15 is 0 Å². The smallest absolute Gasteiger partial charge is 0.222 e. The maximum absolute atomic E-state index is 14.0. The van der Waals surface area contributed by atoms with Crippen LogP contribution in [0, 0.1) is 11.6 Å². The highest BCUT2D eigenvalue weighted by Crippen LogP contribution is 2.24. The molecule has 1 saturated heterocycles. The Morgan fingerprint density at radius 3 is 2.82 bits per heavy atom. The molecule has 1 aliphatic rings. The van der Waals surface area contributed by atoms with Crippen LogP contribution in [0.5, 0.6) is 0 Å². The van der Waals surface area contributed by atoms with Crippen LogP contribution in [0.2, 0.25) is 0 Å². The predicted octanol–water partition coefficient (Wildman–Crippen LogP) is 2.40. The molecule has 8 heteroatoms. The second kappa shape index (κ2) is 10.8. The molecule has 0 spiro atoms. The lowest BCUT2D eigenvalue weighted by molar-refractivity contribution is -0.121. The van der Waals surface area contributed by atoms with Crippen LogP contribution in [0.3, 0.4) is 0 Å². The highest BCUT2D eigenvalue weighted by atomic mass is 19.1. The van der Waals surface area contributed by atoms with E-state index in [4.69, 9.17) is 0 Å². The van der Waals surface area contributed by atoms with Gasteiger partial charge in [-0.1, -0.05) is 6.92 Å². The molecular weight excluding hydrogens is 364 g/mol. The Hall–Kier alpha value is -2.38. The minimum Gasteiger partial charge on any atom is -0.367 e. The Morgan fingerprint density at radius 2 is 2.14 bits per heavy atom. The van der Waals surface area contributed by atoms with Gasteiger partial charge in [-0.2, -0.15) is 0 Å². The first-order valence-corrected chi connectivity index (χ1v) is 9.97. The summed E-state index contributed by atoms with van der Waals surface area (Å²) in [5.41, 5.74) is 0.411. The number of nitrogens with zero attached hydrogens (tertiary/aromatic N) is 2. The Labute approximate surface area is 165 Å². The van der Waals surface area contributed by atoms with Crippen molar-refractivity contribution in [2.75, 3.05) is 31.1 Å². The summed E-state index contributed by atoms with van der Waals surface area (Å²) < 4.78 is 27.1. The third kappa shape index (κ3) is 6.65. The van der Waals surface area contributed by atoms with Crippen molar-refractivity contribution in [2.24, 2.45) is 4.99 Å². The topological polar surface area (TPSA) is 68.8 Å². The van der Waals surface area contributed by atoms with Crippen LogP contribution in [0.25, 0.3) is 0 Å². The fourth-order valence-electron chi connectivity index (χ4n) is 3.07. The van der Waals surface area contributed by atoms with Crippen LogP contribution in [0.1, 0.15) is 40.0 Å². The van der Waals surface area contributed by atoms with Crippen molar-refractivity contribution >= 4 is 17.6 Å². The monoisotopic (exact) mass is 395 g/mol. The number of rotatable bonds is 8. The van der Waals surface area contributed by atoms with Crippen molar-refractivity contribution in [3.8, 4) is 0 Å². The number of guanidine groups is 1. The van der Waals surface area contributed by atoms with Gasteiger partial charge >= 0.3 is 0 Å². The molecule has 2 rings (SSSR count). The minimum atomic E-state index is -0.575. The van der Waals surface area contributed by atoms with E-state index in [2.05, 4.69) is 20.9 Å². The summed E-state index contributed by atoms with van der Waals surface area (Å²) in [4.78, 5) is 18.2. The van der Waals surface area contributed by atoms with E-state index in [1.54, 1.807) is 0 Å². The lowest BCUT2D eigenvalue weighted by atomic mass is 10.2. The maximum Gasteiger partial charge on any atom is 0.222 e. The summed E-state index contributed by atoms with van der Waals surface area (Å²) in [5.74, 6) is -0.486. The number of aliphatic imine (C=N–C) groups is 1. The molecule has 1 heterocycles. The zero-order valence-electron chi connectivity index (χ0n) is 16.9. The number of nitrogens with one attached hydrogen (secondary N) is 3. The van der Waals surface area contributed by atoms with Gasteiger partial charge in [0.25, 0.3) is 0 Å². The quantitative estimate of drug-likeness (QED) is 0.467. The molecule has 1 aromatic rings. The number of benzene rings is 1. The molecule has 6 nitrogen and oxygen atoms in total. The molecule has 1 aromatic carbocycles. The third-order valence-corrected chi connectivity index (χ3v) is 4.75. The molecule has 0 aliphatic carbocycles. The van der Waals surface area contributed by atoms with Crippen LogP contribution in [0.4, 0.5) is 14.5 Å². The number of carbonyl (C=O) groups excluding carboxylic acids is 1. The van der Waals surface area contributed by atoms with Gasteiger partial charge in [0, 0.05) is 44.2 Å². The second-order valence-electron chi connectivity index (χ2n) is 7.06. The van der Waals surface area contributed by atoms with Gasteiger partial charge in [-0.15, -0.1) is 0 Å². The average molecular weight is 395 g/mol. The van der Waals surface area contributed by atoms with Gasteiger partial charge in [0.1, 0.15) is 11.6 Å². The van der Waals surface area contributed by atoms with Crippen molar-refractivity contribution in [1.82, 2.24) is 16.0 Å². The zero-order chi connectivity index (χ0) is 20.5. The van der Waals surface area contributed by atoms with Gasteiger partial charge in [-0.3, -0.25) is 9.79 Å². The first kappa shape index (κ1) is 21.9. The van der Waals surface area contributed by atoms with Crippen LogP contribution >= 0.6 is 0 Å². The number of hydrogen-bond acceptors (Lipinski definition) is 3. The van der Waals surface area contributed by atoms with E-state index in [0.717, 1.165) is 18.9 Å². The van der Waals surface area contributed by atoms with E-state index in [-0.39, 0.29) is 18.0 Å². The van der Waals surface area contributed by atoms with Gasteiger partial charge in [0.2, 0.25) is 5.91 Å². The van der Waals surface area contributed by atoms with Crippen molar-refractivity contribution in [3.63, 3.8) is 0 Å². The number of anilines is 1. The summed E-state index contributed by atoms with van der Waals surface area (Å²) >= 11 is 0. The van der Waals surface area contributed by atoms with E-state index in [1.165, 1.54) is 12.1 Å². The highest BCUT2D eigenvalue weighted by molar-refractivity contribution is 5.81. The van der Waals surface area contributed by atoms with Gasteiger partial charge in [0.15, 0.2) is 5.96 Å². The molecule has 156 valence electrons. The Balaban J connectivity index is 1.87. The van der Waals surface area contributed by atoms with Gasteiger partial charge in [-0.05, 0) is 38.8 Å². The molecule has 0 saturated carbocycles. The van der Waals surface area contributed by atoms with Crippen molar-refractivity contribution in [1.29, 1.82) is 0 Å². The van der Waals surface area contributed by atoms with Gasteiger partial charge in [-0.25, -0.2) is 8.78 Å². The van der Waals surface area contributed by atoms with E-state index in [1.807, 2.05) is 25.7 Å². The molecule has 0 aromatic heterocycles. The zero-order valence-corrected chi connectivity index (χ0v) is 16.9. The van der Waals surface area contributed by atoms with Crippen LogP contribution in [-0.2, 0) is 4.79 Å². The maximum atomic E-state index is 14.0. The predicted molar refractivity (Wildman–Crippen MR) is 109 cm³/mol. The minimum absolute atomic E-state index is 0.00669. The Kier molecular flexibility index (Phi) is 8.47. The largest absolute Gasteiger partial charge is 0.367 e. The summed E-state index contributed by atoms with van der Waals surface area (Å²) in [6, 6.07) is 3.92. The molecule has 0 radical (unpaired) electrons. The summed E-state index contributed by atoms with van der Waals surface area (Å²) in [5, 5.41) is 9.44. The van der Waals surface area contributed by atoms with E-state index in [0.29, 0.717) is 44.2 Å². The van der Waals surface area contributed by atoms with Crippen molar-refractivity contribution in [3.05, 3.63) is 29.8 Å². The van der Waals surface area contributed by atoms with Gasteiger partial charge in [0.05, 0.1) is 12.2 Å². The molecule has 1 fully saturated rings. The number of carbonyl (C=O) groups is 1. The molecule has 1 amide bonds. The molecule has 1 aliphatic heterocycles. The Morgan fingerprint density at radius 1 is 1.36 bits per heavy atom. The molecule has 2 atom stereocenters. The van der Waals surface area contributed by atoms with Crippen LogP contribution < -0.4 is 20.9 Å². The third-order valence-electron chi connectivity index (χ3n) is 4.75. The van der Waals surface area contributed by atoms with Crippen LogP contribution in [-0.4, -0.2) is 50.1 Å². The molecule has 0 bridgehead atoms. The lowest BCUT2D eigenvalue weighted by Gasteiger charge is -2.21. The average Bonchev–Trinajstić information content (AvgIpc) is 3.09. The summed E-state index contributed by atoms with van der Waals surface area (Å²) in [6.07, 6.45) is 2.04. The standard InChI is InChI=1S/C20H31F2N5O/c1-4-14(3)25-19(28)8-10-24-20(23-5-2)26-16-9-11-27(13-16)18-7-6-15(21)12-17(18)22/h6-7,12,14,16H,4-5,8-11,13H2,1-3H3,(H,25,28)(H2,23,24,26). The summed E-state index contributed by atoms with van der Waals surface area (Å²) in [7, 11) is 0. The second-order valence-corrected chi connectivity index (χ2v) is 7.06. The first-order valence-electron chi connectivity index (χ1n) is 9.97. The van der Waals surface area contributed by atoms with Crippen molar-refractivity contribution < 1.29 is 13.6 Å². The number of hydrogen-bond donors (Lipinski definition) is 3. The first-order chi connectivity index (χ1) is 13.4. The molecular formula is C20H31F2N5O. The highest BCUT2D eigenvalue weighted by Gasteiger charge is 2.25. The fraction of sp³-hybridized carbons (Fsp3) is 0.600. The SMILES string of the molecule is CCNC(=NCCC(=O)NC(C)CC)NC1CCN(c2ccc(F)cc2F)C1. The van der Waals surface area contributed by atoms with Gasteiger partial charge < -0.3 is 20.9 Å². The molecule has 2 unspecified atom stereocenters. The summed E-state index contributed by atoms with van der Waals surface area (Å²) in [6.45, 7) is 8.34. The molecule has 3 N–H and O–H groups in total. The lowest BCUT2D eigenvalue weighted by Crippen LogP contribution is -2.44. The van der Waals surface area contributed by atoms with E-state index in [9.17, 15) is 13.6 Å². The van der Waals surface area contributed by atoms with E-state index < -0.39 is 11.6 Å². The number of amides is 1. The molecule has 28 heavy (non-hydrogen) atoms.